The van der Waals surface area contributed by atoms with Crippen LogP contribution in [0.1, 0.15) is 32.1 Å². The first kappa shape index (κ1) is 12.5. The SMILES string of the molecule is NCCOCCN1CCCCCCC1=O. The van der Waals surface area contributed by atoms with Crippen molar-refractivity contribution in [3.05, 3.63) is 0 Å². The van der Waals surface area contributed by atoms with Crippen molar-refractivity contribution >= 4 is 5.91 Å². The average Bonchev–Trinajstić information content (AvgIpc) is 2.22. The van der Waals surface area contributed by atoms with Gasteiger partial charge in [-0.15, -0.1) is 0 Å². The van der Waals surface area contributed by atoms with Gasteiger partial charge < -0.3 is 15.4 Å². The van der Waals surface area contributed by atoms with E-state index in [1.165, 1.54) is 12.8 Å². The molecule has 1 saturated heterocycles. The normalized spacial score (nSPS) is 18.7. The molecule has 0 radical (unpaired) electrons. The Morgan fingerprint density at radius 1 is 1.20 bits per heavy atom. The molecular weight excluding hydrogens is 192 g/mol. The van der Waals surface area contributed by atoms with E-state index < -0.39 is 0 Å². The van der Waals surface area contributed by atoms with Crippen molar-refractivity contribution in [3.8, 4) is 0 Å². The van der Waals surface area contributed by atoms with Gasteiger partial charge in [0, 0.05) is 26.1 Å². The van der Waals surface area contributed by atoms with E-state index in [0.717, 1.165) is 25.9 Å². The molecule has 1 amide bonds. The molecule has 0 saturated carbocycles. The highest BCUT2D eigenvalue weighted by Crippen LogP contribution is 2.11. The number of amides is 1. The summed E-state index contributed by atoms with van der Waals surface area (Å²) in [6.07, 6.45) is 5.31. The van der Waals surface area contributed by atoms with Gasteiger partial charge in [-0.2, -0.15) is 0 Å². The molecule has 1 aliphatic heterocycles. The number of ether oxygens (including phenoxy) is 1. The number of carbonyl (C=O) groups excluding carboxylic acids is 1. The predicted octanol–water partition coefficient (Wildman–Crippen LogP) is 0.754. The van der Waals surface area contributed by atoms with Gasteiger partial charge in [0.2, 0.25) is 5.91 Å². The maximum Gasteiger partial charge on any atom is 0.222 e. The zero-order valence-corrected chi connectivity index (χ0v) is 9.41. The molecule has 0 bridgehead atoms. The minimum Gasteiger partial charge on any atom is -0.378 e. The van der Waals surface area contributed by atoms with Gasteiger partial charge in [-0.1, -0.05) is 12.8 Å². The second-order valence-electron chi connectivity index (χ2n) is 3.95. The Morgan fingerprint density at radius 3 is 2.80 bits per heavy atom. The lowest BCUT2D eigenvalue weighted by atomic mass is 10.1. The number of nitrogens with zero attached hydrogens (tertiary/aromatic N) is 1. The zero-order chi connectivity index (χ0) is 10.9. The van der Waals surface area contributed by atoms with Crippen molar-refractivity contribution in [2.75, 3.05) is 32.8 Å². The molecule has 0 aromatic rings. The Morgan fingerprint density at radius 2 is 2.00 bits per heavy atom. The Bertz CT molecular complexity index is 185. The first-order valence-corrected chi connectivity index (χ1v) is 5.90. The molecule has 88 valence electrons. The van der Waals surface area contributed by atoms with E-state index in [1.807, 2.05) is 4.90 Å². The van der Waals surface area contributed by atoms with E-state index in [0.29, 0.717) is 26.2 Å². The molecule has 1 rings (SSSR count). The average molecular weight is 214 g/mol. The summed E-state index contributed by atoms with van der Waals surface area (Å²) in [6, 6.07) is 0. The van der Waals surface area contributed by atoms with Crippen molar-refractivity contribution in [1.29, 1.82) is 0 Å². The van der Waals surface area contributed by atoms with Crippen molar-refractivity contribution < 1.29 is 9.53 Å². The van der Waals surface area contributed by atoms with Gasteiger partial charge >= 0.3 is 0 Å². The number of likely N-dealkylation sites (tertiary alicyclic amines) is 1. The smallest absolute Gasteiger partial charge is 0.222 e. The Hall–Kier alpha value is -0.610. The molecular formula is C11H22N2O2. The topological polar surface area (TPSA) is 55.6 Å². The number of hydrogen-bond donors (Lipinski definition) is 1. The summed E-state index contributed by atoms with van der Waals surface area (Å²) in [4.78, 5) is 13.6. The standard InChI is InChI=1S/C11H22N2O2/c12-6-9-15-10-8-13-7-4-2-1-3-5-11(13)14/h1-10,12H2. The zero-order valence-electron chi connectivity index (χ0n) is 9.41. The van der Waals surface area contributed by atoms with E-state index in [9.17, 15) is 4.79 Å². The molecule has 4 nitrogen and oxygen atoms in total. The van der Waals surface area contributed by atoms with Crippen LogP contribution in [0.5, 0.6) is 0 Å². The van der Waals surface area contributed by atoms with Crippen molar-refractivity contribution in [3.63, 3.8) is 0 Å². The molecule has 1 fully saturated rings. The van der Waals surface area contributed by atoms with Gasteiger partial charge in [0.05, 0.1) is 13.2 Å². The Kier molecular flexibility index (Phi) is 6.36. The largest absolute Gasteiger partial charge is 0.378 e. The minimum absolute atomic E-state index is 0.283. The molecule has 0 unspecified atom stereocenters. The Labute approximate surface area is 91.8 Å². The molecule has 0 aromatic heterocycles. The number of carbonyl (C=O) groups is 1. The van der Waals surface area contributed by atoms with Crippen LogP contribution in [0.3, 0.4) is 0 Å². The number of nitrogens with two attached hydrogens (primary N) is 1. The van der Waals surface area contributed by atoms with E-state index in [2.05, 4.69) is 0 Å². The van der Waals surface area contributed by atoms with Crippen molar-refractivity contribution in [2.24, 2.45) is 5.73 Å². The van der Waals surface area contributed by atoms with Gasteiger partial charge in [-0.3, -0.25) is 4.79 Å². The van der Waals surface area contributed by atoms with Gasteiger partial charge in [0.1, 0.15) is 0 Å². The molecule has 0 atom stereocenters. The molecule has 4 heteroatoms. The van der Waals surface area contributed by atoms with Crippen molar-refractivity contribution in [1.82, 2.24) is 4.90 Å². The van der Waals surface area contributed by atoms with Gasteiger partial charge in [-0.25, -0.2) is 0 Å². The molecule has 1 heterocycles. The maximum absolute atomic E-state index is 11.7. The highest BCUT2D eigenvalue weighted by molar-refractivity contribution is 5.76. The molecule has 1 aliphatic rings. The summed E-state index contributed by atoms with van der Waals surface area (Å²) in [7, 11) is 0. The van der Waals surface area contributed by atoms with E-state index >= 15 is 0 Å². The van der Waals surface area contributed by atoms with Crippen LogP contribution in [-0.4, -0.2) is 43.7 Å². The number of rotatable bonds is 5. The fraction of sp³-hybridized carbons (Fsp3) is 0.909. The predicted molar refractivity (Wildman–Crippen MR) is 59.5 cm³/mol. The molecule has 0 aliphatic carbocycles. The summed E-state index contributed by atoms with van der Waals surface area (Å²) in [5.41, 5.74) is 5.32. The van der Waals surface area contributed by atoms with Gasteiger partial charge in [0.25, 0.3) is 0 Å². The summed E-state index contributed by atoms with van der Waals surface area (Å²) in [5, 5.41) is 0. The highest BCUT2D eigenvalue weighted by Gasteiger charge is 2.14. The summed E-state index contributed by atoms with van der Waals surface area (Å²) in [5.74, 6) is 0.283. The molecule has 15 heavy (non-hydrogen) atoms. The fourth-order valence-corrected chi connectivity index (χ4v) is 1.81. The summed E-state index contributed by atoms with van der Waals surface area (Å²) < 4.78 is 5.29. The minimum atomic E-state index is 0.283. The molecule has 2 N–H and O–H groups in total. The third kappa shape index (κ3) is 5.14. The summed E-state index contributed by atoms with van der Waals surface area (Å²) >= 11 is 0. The third-order valence-electron chi connectivity index (χ3n) is 2.69. The van der Waals surface area contributed by atoms with Crippen LogP contribution in [0.2, 0.25) is 0 Å². The van der Waals surface area contributed by atoms with Crippen LogP contribution < -0.4 is 5.73 Å². The Balaban J connectivity index is 2.20. The lowest BCUT2D eigenvalue weighted by molar-refractivity contribution is -0.132. The number of hydrogen-bond acceptors (Lipinski definition) is 3. The van der Waals surface area contributed by atoms with E-state index in [1.54, 1.807) is 0 Å². The van der Waals surface area contributed by atoms with Crippen LogP contribution in [0.25, 0.3) is 0 Å². The lowest BCUT2D eigenvalue weighted by Crippen LogP contribution is -2.35. The second kappa shape index (κ2) is 7.65. The van der Waals surface area contributed by atoms with Gasteiger partial charge in [-0.05, 0) is 12.8 Å². The molecule has 0 aromatic carbocycles. The van der Waals surface area contributed by atoms with Gasteiger partial charge in [0.15, 0.2) is 0 Å². The van der Waals surface area contributed by atoms with Crippen LogP contribution in [-0.2, 0) is 9.53 Å². The fourth-order valence-electron chi connectivity index (χ4n) is 1.81. The van der Waals surface area contributed by atoms with Crippen molar-refractivity contribution in [2.45, 2.75) is 32.1 Å². The lowest BCUT2D eigenvalue weighted by Gasteiger charge is -2.24. The van der Waals surface area contributed by atoms with E-state index in [-0.39, 0.29) is 5.91 Å². The highest BCUT2D eigenvalue weighted by atomic mass is 16.5. The van der Waals surface area contributed by atoms with Crippen LogP contribution in [0.4, 0.5) is 0 Å². The first-order valence-electron chi connectivity index (χ1n) is 5.90. The van der Waals surface area contributed by atoms with E-state index in [4.69, 9.17) is 10.5 Å². The first-order chi connectivity index (χ1) is 7.34. The second-order valence-corrected chi connectivity index (χ2v) is 3.95. The quantitative estimate of drug-likeness (QED) is 0.687. The summed E-state index contributed by atoms with van der Waals surface area (Å²) in [6.45, 7) is 3.36. The maximum atomic E-state index is 11.7. The van der Waals surface area contributed by atoms with Crippen LogP contribution >= 0.6 is 0 Å². The van der Waals surface area contributed by atoms with Crippen LogP contribution in [0, 0.1) is 0 Å². The van der Waals surface area contributed by atoms with Crippen LogP contribution in [0.15, 0.2) is 0 Å². The molecule has 0 spiro atoms. The third-order valence-corrected chi connectivity index (χ3v) is 2.69. The monoisotopic (exact) mass is 214 g/mol.